The second-order valence-corrected chi connectivity index (χ2v) is 5.06. The first kappa shape index (κ1) is 12.0. The molecule has 0 radical (unpaired) electrons. The summed E-state index contributed by atoms with van der Waals surface area (Å²) in [5.74, 6) is -0.441. The van der Waals surface area contributed by atoms with E-state index in [1.807, 2.05) is 6.92 Å². The Bertz CT molecular complexity index is 268. The van der Waals surface area contributed by atoms with Gasteiger partial charge in [-0.3, -0.25) is 4.79 Å². The molecule has 0 aromatic carbocycles. The van der Waals surface area contributed by atoms with Crippen LogP contribution in [0.4, 0.5) is 0 Å². The van der Waals surface area contributed by atoms with E-state index in [1.54, 1.807) is 7.11 Å². The molecule has 0 unspecified atom stereocenters. The van der Waals surface area contributed by atoms with Gasteiger partial charge in [0.15, 0.2) is 17.7 Å². The highest BCUT2D eigenvalue weighted by Gasteiger charge is 2.48. The maximum Gasteiger partial charge on any atom is 0.198 e. The monoisotopic (exact) mass is 228 g/mol. The Kier molecular flexibility index (Phi) is 3.33. The van der Waals surface area contributed by atoms with Crippen LogP contribution in [0.2, 0.25) is 0 Å². The Morgan fingerprint density at radius 2 is 2.06 bits per heavy atom. The first-order valence-corrected chi connectivity index (χ1v) is 6.02. The van der Waals surface area contributed by atoms with Crippen LogP contribution in [-0.4, -0.2) is 24.8 Å². The van der Waals surface area contributed by atoms with E-state index in [0.717, 1.165) is 38.4 Å². The predicted molar refractivity (Wildman–Crippen MR) is 57.6 cm³/mol. The molecule has 4 heteroatoms. The standard InChI is InChI=1S/C12H20O4/c1-11(14-2)8-6-10-5-3-4-7-12(10,9-13)16-15-11/h9-10H,3-8H2,1-2H3/t10-,11-,12-/m0/s1. The van der Waals surface area contributed by atoms with Gasteiger partial charge in [-0.05, 0) is 38.5 Å². The summed E-state index contributed by atoms with van der Waals surface area (Å²) in [5, 5.41) is 0. The van der Waals surface area contributed by atoms with E-state index in [0.29, 0.717) is 0 Å². The fraction of sp³-hybridized carbons (Fsp3) is 0.917. The van der Waals surface area contributed by atoms with Gasteiger partial charge in [-0.25, -0.2) is 9.78 Å². The third-order valence-corrected chi connectivity index (χ3v) is 4.01. The molecule has 0 aromatic rings. The molecule has 92 valence electrons. The molecule has 0 bridgehead atoms. The minimum atomic E-state index is -0.728. The lowest BCUT2D eigenvalue weighted by Crippen LogP contribution is -2.44. The van der Waals surface area contributed by atoms with E-state index in [9.17, 15) is 4.79 Å². The van der Waals surface area contributed by atoms with E-state index < -0.39 is 11.4 Å². The number of rotatable bonds is 2. The van der Waals surface area contributed by atoms with Crippen molar-refractivity contribution in [2.24, 2.45) is 5.92 Å². The number of ether oxygens (including phenoxy) is 1. The van der Waals surface area contributed by atoms with Crippen molar-refractivity contribution in [1.29, 1.82) is 0 Å². The molecule has 1 saturated carbocycles. The summed E-state index contributed by atoms with van der Waals surface area (Å²) in [5.41, 5.74) is -0.728. The number of carbonyl (C=O) groups excluding carboxylic acids is 1. The van der Waals surface area contributed by atoms with Crippen LogP contribution in [-0.2, 0) is 19.3 Å². The summed E-state index contributed by atoms with van der Waals surface area (Å²) >= 11 is 0. The number of carbonyl (C=O) groups is 1. The number of hydrogen-bond donors (Lipinski definition) is 0. The number of hydrogen-bond acceptors (Lipinski definition) is 4. The fourth-order valence-electron chi connectivity index (χ4n) is 2.69. The normalized spacial score (nSPS) is 44.5. The summed E-state index contributed by atoms with van der Waals surface area (Å²) in [6.07, 6.45) is 6.63. The molecule has 2 aliphatic rings. The molecule has 1 heterocycles. The average molecular weight is 228 g/mol. The van der Waals surface area contributed by atoms with Crippen LogP contribution >= 0.6 is 0 Å². The Morgan fingerprint density at radius 1 is 1.25 bits per heavy atom. The third-order valence-electron chi connectivity index (χ3n) is 4.01. The fourth-order valence-corrected chi connectivity index (χ4v) is 2.69. The molecule has 2 rings (SSSR count). The SMILES string of the molecule is CO[C@]1(C)CC[C@@H]2CCCC[C@@]2(C=O)OO1. The topological polar surface area (TPSA) is 44.8 Å². The predicted octanol–water partition coefficient (Wildman–Crippen LogP) is 2.22. The van der Waals surface area contributed by atoms with Gasteiger partial charge in [0.2, 0.25) is 0 Å². The maximum atomic E-state index is 11.3. The summed E-state index contributed by atoms with van der Waals surface area (Å²) in [6.45, 7) is 1.85. The Balaban J connectivity index is 2.17. The Morgan fingerprint density at radius 3 is 2.75 bits per heavy atom. The van der Waals surface area contributed by atoms with Crippen molar-refractivity contribution in [3.63, 3.8) is 0 Å². The van der Waals surface area contributed by atoms with Crippen molar-refractivity contribution in [3.8, 4) is 0 Å². The van der Waals surface area contributed by atoms with Crippen molar-refractivity contribution >= 4 is 6.29 Å². The summed E-state index contributed by atoms with van der Waals surface area (Å²) in [7, 11) is 1.60. The first-order chi connectivity index (χ1) is 7.64. The average Bonchev–Trinajstić information content (AvgIpc) is 2.49. The molecular weight excluding hydrogens is 208 g/mol. The van der Waals surface area contributed by atoms with E-state index in [2.05, 4.69) is 0 Å². The molecule has 4 nitrogen and oxygen atoms in total. The lowest BCUT2D eigenvalue weighted by Gasteiger charge is -2.36. The minimum Gasteiger partial charge on any atom is -0.351 e. The molecule has 2 fully saturated rings. The first-order valence-electron chi connectivity index (χ1n) is 6.02. The molecule has 3 atom stereocenters. The number of aldehydes is 1. The highest BCUT2D eigenvalue weighted by Crippen LogP contribution is 2.43. The van der Waals surface area contributed by atoms with E-state index in [4.69, 9.17) is 14.5 Å². The second kappa shape index (κ2) is 4.43. The molecule has 1 saturated heterocycles. The van der Waals surface area contributed by atoms with Gasteiger partial charge in [0.1, 0.15) is 0 Å². The molecule has 0 aromatic heterocycles. The van der Waals surface area contributed by atoms with E-state index >= 15 is 0 Å². The zero-order chi connectivity index (χ0) is 11.6. The van der Waals surface area contributed by atoms with Gasteiger partial charge in [0, 0.05) is 13.5 Å². The van der Waals surface area contributed by atoms with Crippen molar-refractivity contribution in [3.05, 3.63) is 0 Å². The van der Waals surface area contributed by atoms with Crippen LogP contribution in [0.1, 0.15) is 45.4 Å². The van der Waals surface area contributed by atoms with Crippen LogP contribution in [0.15, 0.2) is 0 Å². The third kappa shape index (κ3) is 2.01. The van der Waals surface area contributed by atoms with Gasteiger partial charge in [-0.1, -0.05) is 6.42 Å². The highest BCUT2D eigenvalue weighted by atomic mass is 17.2. The van der Waals surface area contributed by atoms with Gasteiger partial charge >= 0.3 is 0 Å². The lowest BCUT2D eigenvalue weighted by atomic mass is 9.74. The van der Waals surface area contributed by atoms with Crippen LogP contribution in [0.3, 0.4) is 0 Å². The van der Waals surface area contributed by atoms with Crippen molar-refractivity contribution in [2.45, 2.75) is 56.8 Å². The molecule has 1 aliphatic heterocycles. The van der Waals surface area contributed by atoms with Gasteiger partial charge in [-0.2, -0.15) is 0 Å². The zero-order valence-corrected chi connectivity index (χ0v) is 10.0. The summed E-state index contributed by atoms with van der Waals surface area (Å²) < 4.78 is 5.29. The summed E-state index contributed by atoms with van der Waals surface area (Å²) in [4.78, 5) is 22.1. The number of methoxy groups -OCH3 is 1. The zero-order valence-electron chi connectivity index (χ0n) is 10.0. The molecule has 0 spiro atoms. The smallest absolute Gasteiger partial charge is 0.198 e. The van der Waals surface area contributed by atoms with Gasteiger partial charge in [0.25, 0.3) is 0 Å². The second-order valence-electron chi connectivity index (χ2n) is 5.06. The van der Waals surface area contributed by atoms with Crippen molar-refractivity contribution in [1.82, 2.24) is 0 Å². The lowest BCUT2D eigenvalue weighted by molar-refractivity contribution is -0.447. The minimum absolute atomic E-state index is 0.274. The largest absolute Gasteiger partial charge is 0.351 e. The van der Waals surface area contributed by atoms with E-state index in [-0.39, 0.29) is 5.92 Å². The quantitative estimate of drug-likeness (QED) is 0.537. The van der Waals surface area contributed by atoms with E-state index in [1.165, 1.54) is 6.42 Å². The molecule has 16 heavy (non-hydrogen) atoms. The maximum absolute atomic E-state index is 11.3. The van der Waals surface area contributed by atoms with Crippen LogP contribution in [0.25, 0.3) is 0 Å². The van der Waals surface area contributed by atoms with Crippen molar-refractivity contribution < 1.29 is 19.3 Å². The van der Waals surface area contributed by atoms with Gasteiger partial charge in [-0.15, -0.1) is 0 Å². The Hall–Kier alpha value is -0.450. The van der Waals surface area contributed by atoms with Crippen LogP contribution in [0, 0.1) is 5.92 Å². The van der Waals surface area contributed by atoms with Crippen LogP contribution in [0.5, 0.6) is 0 Å². The van der Waals surface area contributed by atoms with Crippen LogP contribution < -0.4 is 0 Å². The van der Waals surface area contributed by atoms with Crippen molar-refractivity contribution in [2.75, 3.05) is 7.11 Å². The molecule has 1 aliphatic carbocycles. The van der Waals surface area contributed by atoms with Gasteiger partial charge in [0.05, 0.1) is 0 Å². The molecule has 0 amide bonds. The molecular formula is C12H20O4. The summed E-state index contributed by atoms with van der Waals surface area (Å²) in [6, 6.07) is 0. The molecule has 0 N–H and O–H groups in total. The van der Waals surface area contributed by atoms with Gasteiger partial charge < -0.3 is 4.74 Å². The number of fused-ring (bicyclic) bond motifs is 1. The Labute approximate surface area is 96.2 Å². The highest BCUT2D eigenvalue weighted by molar-refractivity contribution is 5.63.